The smallest absolute Gasteiger partial charge is 0.270 e. The molecule has 0 fully saturated rings. The predicted octanol–water partition coefficient (Wildman–Crippen LogP) is 4.39. The molecular formula is C20H19FN4O4S. The highest BCUT2D eigenvalue weighted by Crippen LogP contribution is 2.30. The number of ether oxygens (including phenoxy) is 2. The van der Waals surface area contributed by atoms with Gasteiger partial charge in [0, 0.05) is 30.0 Å². The molecule has 3 aromatic rings. The largest absolute Gasteiger partial charge is 0.496 e. The van der Waals surface area contributed by atoms with E-state index in [9.17, 15) is 14.5 Å². The van der Waals surface area contributed by atoms with Gasteiger partial charge in [0.15, 0.2) is 22.5 Å². The number of halogens is 1. The van der Waals surface area contributed by atoms with E-state index in [-0.39, 0.29) is 18.0 Å². The summed E-state index contributed by atoms with van der Waals surface area (Å²) in [6.45, 7) is 4.20. The molecule has 0 unspecified atom stereocenters. The molecule has 0 spiro atoms. The van der Waals surface area contributed by atoms with Gasteiger partial charge in [0.05, 0.1) is 12.0 Å². The molecule has 1 aromatic heterocycles. The Bertz CT molecular complexity index is 1060. The van der Waals surface area contributed by atoms with Crippen LogP contribution in [0.15, 0.2) is 60.3 Å². The van der Waals surface area contributed by atoms with Gasteiger partial charge in [-0.1, -0.05) is 30.0 Å². The fourth-order valence-corrected chi connectivity index (χ4v) is 3.63. The summed E-state index contributed by atoms with van der Waals surface area (Å²) in [6.07, 6.45) is 1.69. The van der Waals surface area contributed by atoms with E-state index in [1.165, 1.54) is 43.1 Å². The van der Waals surface area contributed by atoms with Crippen LogP contribution in [0.1, 0.15) is 11.4 Å². The van der Waals surface area contributed by atoms with Crippen LogP contribution in [0, 0.1) is 15.9 Å². The number of aromatic nitrogens is 3. The van der Waals surface area contributed by atoms with Gasteiger partial charge in [-0.15, -0.1) is 16.8 Å². The highest BCUT2D eigenvalue weighted by atomic mass is 32.2. The van der Waals surface area contributed by atoms with Crippen molar-refractivity contribution in [2.75, 3.05) is 7.11 Å². The van der Waals surface area contributed by atoms with Crippen molar-refractivity contribution in [2.45, 2.75) is 24.1 Å². The molecule has 0 atom stereocenters. The van der Waals surface area contributed by atoms with Crippen LogP contribution in [0.25, 0.3) is 0 Å². The molecule has 3 rings (SSSR count). The number of nitro groups is 1. The lowest BCUT2D eigenvalue weighted by Crippen LogP contribution is -2.08. The van der Waals surface area contributed by atoms with Crippen molar-refractivity contribution in [3.8, 4) is 11.5 Å². The average molecular weight is 430 g/mol. The zero-order valence-corrected chi connectivity index (χ0v) is 17.0. The third-order valence-corrected chi connectivity index (χ3v) is 5.15. The number of methoxy groups -OCH3 is 1. The number of allylic oxidation sites excluding steroid dienone is 1. The fourth-order valence-electron chi connectivity index (χ4n) is 2.68. The molecule has 0 N–H and O–H groups in total. The van der Waals surface area contributed by atoms with Gasteiger partial charge in [-0.2, -0.15) is 0 Å². The van der Waals surface area contributed by atoms with Crippen molar-refractivity contribution in [3.63, 3.8) is 0 Å². The first-order valence-electron chi connectivity index (χ1n) is 8.88. The van der Waals surface area contributed by atoms with E-state index in [1.54, 1.807) is 28.8 Å². The molecule has 10 heteroatoms. The zero-order chi connectivity index (χ0) is 21.5. The molecule has 1 heterocycles. The molecule has 0 aliphatic carbocycles. The molecule has 0 bridgehead atoms. The first-order valence-corrected chi connectivity index (χ1v) is 9.86. The lowest BCUT2D eigenvalue weighted by Gasteiger charge is -2.10. The molecule has 0 saturated heterocycles. The van der Waals surface area contributed by atoms with Crippen LogP contribution in [-0.4, -0.2) is 26.8 Å². The van der Waals surface area contributed by atoms with Crippen LogP contribution in [-0.2, 0) is 18.9 Å². The minimum absolute atomic E-state index is 0.0158. The molecule has 0 aliphatic heterocycles. The predicted molar refractivity (Wildman–Crippen MR) is 110 cm³/mol. The summed E-state index contributed by atoms with van der Waals surface area (Å²) in [4.78, 5) is 10.6. The SMILES string of the molecule is C=CCn1c(COc2ccccc2F)nnc1SCc1cc([N+](=O)[O-])ccc1OC. The number of non-ortho nitro benzene ring substituents is 1. The monoisotopic (exact) mass is 430 g/mol. The van der Waals surface area contributed by atoms with Crippen LogP contribution < -0.4 is 9.47 Å². The molecule has 8 nitrogen and oxygen atoms in total. The Hall–Kier alpha value is -3.40. The van der Waals surface area contributed by atoms with Gasteiger partial charge in [0.1, 0.15) is 12.4 Å². The quantitative estimate of drug-likeness (QED) is 0.204. The summed E-state index contributed by atoms with van der Waals surface area (Å²) >= 11 is 1.35. The highest BCUT2D eigenvalue weighted by Gasteiger charge is 2.16. The summed E-state index contributed by atoms with van der Waals surface area (Å²) in [5.74, 6) is 1.10. The van der Waals surface area contributed by atoms with Gasteiger partial charge < -0.3 is 9.47 Å². The summed E-state index contributed by atoms with van der Waals surface area (Å²) in [5, 5.41) is 20.0. The van der Waals surface area contributed by atoms with Crippen molar-refractivity contribution >= 4 is 17.4 Å². The van der Waals surface area contributed by atoms with Gasteiger partial charge in [-0.3, -0.25) is 14.7 Å². The van der Waals surface area contributed by atoms with Crippen LogP contribution in [0.5, 0.6) is 11.5 Å². The number of nitrogens with zero attached hydrogens (tertiary/aromatic N) is 4. The Labute approximate surface area is 176 Å². The van der Waals surface area contributed by atoms with Gasteiger partial charge in [-0.05, 0) is 18.2 Å². The number of para-hydroxylation sites is 1. The second-order valence-electron chi connectivity index (χ2n) is 6.06. The molecule has 30 heavy (non-hydrogen) atoms. The van der Waals surface area contributed by atoms with E-state index < -0.39 is 10.7 Å². The topological polar surface area (TPSA) is 92.3 Å². The van der Waals surface area contributed by atoms with E-state index in [0.29, 0.717) is 34.6 Å². The van der Waals surface area contributed by atoms with E-state index in [1.807, 2.05) is 0 Å². The normalized spacial score (nSPS) is 10.6. The Morgan fingerprint density at radius 3 is 2.77 bits per heavy atom. The number of rotatable bonds is 10. The van der Waals surface area contributed by atoms with Crippen molar-refractivity contribution in [1.82, 2.24) is 14.8 Å². The molecule has 0 saturated carbocycles. The number of nitro benzene ring substituents is 1. The van der Waals surface area contributed by atoms with Crippen LogP contribution in [0.3, 0.4) is 0 Å². The maximum absolute atomic E-state index is 13.8. The number of hydrogen-bond acceptors (Lipinski definition) is 7. The Morgan fingerprint density at radius 1 is 1.27 bits per heavy atom. The summed E-state index contributed by atoms with van der Waals surface area (Å²) in [6, 6.07) is 10.6. The highest BCUT2D eigenvalue weighted by molar-refractivity contribution is 7.98. The summed E-state index contributed by atoms with van der Waals surface area (Å²) in [7, 11) is 1.51. The third-order valence-electron chi connectivity index (χ3n) is 4.13. The average Bonchev–Trinajstić information content (AvgIpc) is 3.13. The van der Waals surface area contributed by atoms with Crippen molar-refractivity contribution in [3.05, 3.63) is 82.4 Å². The van der Waals surface area contributed by atoms with Crippen LogP contribution >= 0.6 is 11.8 Å². The standard InChI is InChI=1S/C20H19FN4O4S/c1-3-10-24-19(12-29-18-7-5-4-6-16(18)21)22-23-20(24)30-13-14-11-15(25(26)27)8-9-17(14)28-2/h3-9,11H,1,10,12-13H2,2H3. The third kappa shape index (κ3) is 4.95. The first-order chi connectivity index (χ1) is 14.5. The molecular weight excluding hydrogens is 411 g/mol. The van der Waals surface area contributed by atoms with E-state index in [0.717, 1.165) is 0 Å². The van der Waals surface area contributed by atoms with E-state index >= 15 is 0 Å². The zero-order valence-electron chi connectivity index (χ0n) is 16.2. The van der Waals surface area contributed by atoms with Crippen molar-refractivity contribution in [1.29, 1.82) is 0 Å². The van der Waals surface area contributed by atoms with Gasteiger partial charge >= 0.3 is 0 Å². The molecule has 0 aliphatic rings. The number of benzene rings is 2. The van der Waals surface area contributed by atoms with Gasteiger partial charge in [-0.25, -0.2) is 4.39 Å². The van der Waals surface area contributed by atoms with Crippen molar-refractivity contribution < 1.29 is 18.8 Å². The van der Waals surface area contributed by atoms with Gasteiger partial charge in [0.2, 0.25) is 0 Å². The number of thioether (sulfide) groups is 1. The fraction of sp³-hybridized carbons (Fsp3) is 0.200. The van der Waals surface area contributed by atoms with Crippen LogP contribution in [0.2, 0.25) is 0 Å². The molecule has 0 radical (unpaired) electrons. The minimum Gasteiger partial charge on any atom is -0.496 e. The summed E-state index contributed by atoms with van der Waals surface area (Å²) < 4.78 is 26.4. The maximum atomic E-state index is 13.8. The molecule has 2 aromatic carbocycles. The van der Waals surface area contributed by atoms with Crippen LogP contribution in [0.4, 0.5) is 10.1 Å². The Morgan fingerprint density at radius 2 is 2.07 bits per heavy atom. The number of hydrogen-bond donors (Lipinski definition) is 0. The molecule has 156 valence electrons. The maximum Gasteiger partial charge on any atom is 0.270 e. The van der Waals surface area contributed by atoms with Crippen molar-refractivity contribution in [2.24, 2.45) is 0 Å². The van der Waals surface area contributed by atoms with E-state index in [4.69, 9.17) is 9.47 Å². The van der Waals surface area contributed by atoms with E-state index in [2.05, 4.69) is 16.8 Å². The first kappa shape index (κ1) is 21.3. The second kappa shape index (κ2) is 9.88. The lowest BCUT2D eigenvalue weighted by atomic mass is 10.2. The Balaban J connectivity index is 1.77. The minimum atomic E-state index is -0.459. The van der Waals surface area contributed by atoms with Gasteiger partial charge in [0.25, 0.3) is 5.69 Å². The molecule has 0 amide bonds. The lowest BCUT2D eigenvalue weighted by molar-refractivity contribution is -0.384. The summed E-state index contributed by atoms with van der Waals surface area (Å²) in [5.41, 5.74) is 0.645. The second-order valence-corrected chi connectivity index (χ2v) is 7.00. The Kier molecular flexibility index (Phi) is 7.02.